The van der Waals surface area contributed by atoms with E-state index in [1.165, 1.54) is 0 Å². The lowest BCUT2D eigenvalue weighted by Gasteiger charge is -2.24. The summed E-state index contributed by atoms with van der Waals surface area (Å²) >= 11 is 0. The summed E-state index contributed by atoms with van der Waals surface area (Å²) in [5.74, 6) is -5.22. The number of rotatable bonds is 4. The first-order valence-corrected chi connectivity index (χ1v) is 6.10. The summed E-state index contributed by atoms with van der Waals surface area (Å²) in [6.45, 7) is -1.90. The van der Waals surface area contributed by atoms with Gasteiger partial charge in [0, 0.05) is 6.54 Å². The van der Waals surface area contributed by atoms with Gasteiger partial charge in [-0.15, -0.1) is 0 Å². The number of benzene rings is 1. The number of amides is 1. The molecular weight excluding hydrogens is 297 g/mol. The average molecular weight is 309 g/mol. The van der Waals surface area contributed by atoms with Crippen LogP contribution in [-0.2, 0) is 16.1 Å². The van der Waals surface area contributed by atoms with Crippen molar-refractivity contribution in [2.75, 3.05) is 6.61 Å². The van der Waals surface area contributed by atoms with E-state index >= 15 is 0 Å². The van der Waals surface area contributed by atoms with Gasteiger partial charge in [0.1, 0.15) is 12.8 Å². The van der Waals surface area contributed by atoms with E-state index in [-0.39, 0.29) is 6.54 Å². The maximum Gasteiger partial charge on any atom is 0.411 e. The van der Waals surface area contributed by atoms with Gasteiger partial charge in [-0.3, -0.25) is 4.79 Å². The van der Waals surface area contributed by atoms with Crippen LogP contribution < -0.4 is 0 Å². The number of likely N-dealkylation sites (tertiary alicyclic amines) is 1. The van der Waals surface area contributed by atoms with Crippen LogP contribution in [0.4, 0.5) is 22.0 Å². The number of carbonyl (C=O) groups excluding carboxylic acids is 1. The van der Waals surface area contributed by atoms with Gasteiger partial charge in [-0.1, -0.05) is 30.3 Å². The van der Waals surface area contributed by atoms with E-state index in [1.807, 2.05) is 0 Å². The second-order valence-corrected chi connectivity index (χ2v) is 4.71. The molecular formula is C13H12F5NO2. The van der Waals surface area contributed by atoms with E-state index in [0.717, 1.165) is 0 Å². The second-order valence-electron chi connectivity index (χ2n) is 4.71. The topological polar surface area (TPSA) is 29.5 Å². The molecule has 0 N–H and O–H groups in total. The first-order valence-electron chi connectivity index (χ1n) is 6.10. The molecule has 21 heavy (non-hydrogen) atoms. The Balaban J connectivity index is 2.12. The molecule has 1 heterocycles. The number of halogens is 5. The van der Waals surface area contributed by atoms with Crippen molar-refractivity contribution in [2.45, 2.75) is 31.3 Å². The zero-order valence-corrected chi connectivity index (χ0v) is 10.7. The fourth-order valence-corrected chi connectivity index (χ4v) is 2.05. The quantitative estimate of drug-likeness (QED) is 0.800. The van der Waals surface area contributed by atoms with E-state index in [0.29, 0.717) is 10.5 Å². The molecule has 116 valence electrons. The average Bonchev–Trinajstić information content (AvgIpc) is 2.60. The first-order chi connectivity index (χ1) is 9.69. The summed E-state index contributed by atoms with van der Waals surface area (Å²) in [6.07, 6.45) is -7.30. The third kappa shape index (κ3) is 3.90. The lowest BCUT2D eigenvalue weighted by Crippen LogP contribution is -2.38. The standard InChI is InChI=1S/C13H12F5NO2/c14-12(15)6-10(21-8-13(16,17)18)19(11(12)20)7-9-4-2-1-3-5-9/h1-5,10H,6-8H2. The smallest absolute Gasteiger partial charge is 0.349 e. The number of carbonyl (C=O) groups is 1. The molecule has 2 rings (SSSR count). The normalized spacial score (nSPS) is 21.9. The highest BCUT2D eigenvalue weighted by Crippen LogP contribution is 2.35. The van der Waals surface area contributed by atoms with Crippen LogP contribution in [0.2, 0.25) is 0 Å². The predicted octanol–water partition coefficient (Wildman–Crippen LogP) is 2.96. The molecule has 0 radical (unpaired) electrons. The molecule has 1 amide bonds. The number of nitrogens with zero attached hydrogens (tertiary/aromatic N) is 1. The van der Waals surface area contributed by atoms with Gasteiger partial charge in [0.15, 0.2) is 0 Å². The van der Waals surface area contributed by atoms with Crippen LogP contribution in [0.3, 0.4) is 0 Å². The molecule has 1 saturated heterocycles. The monoisotopic (exact) mass is 309 g/mol. The Labute approximate surface area is 117 Å². The Kier molecular flexibility index (Phi) is 4.18. The fraction of sp³-hybridized carbons (Fsp3) is 0.462. The highest BCUT2D eigenvalue weighted by molar-refractivity contribution is 5.85. The van der Waals surface area contributed by atoms with Crippen LogP contribution in [0.25, 0.3) is 0 Å². The summed E-state index contributed by atoms with van der Waals surface area (Å²) in [7, 11) is 0. The zero-order chi connectivity index (χ0) is 15.7. The molecule has 1 aliphatic rings. The van der Waals surface area contributed by atoms with Crippen molar-refractivity contribution in [3.63, 3.8) is 0 Å². The summed E-state index contributed by atoms with van der Waals surface area (Å²) < 4.78 is 67.7. The fourth-order valence-electron chi connectivity index (χ4n) is 2.05. The van der Waals surface area contributed by atoms with Gasteiger partial charge >= 0.3 is 12.1 Å². The first kappa shape index (κ1) is 15.7. The van der Waals surface area contributed by atoms with Crippen LogP contribution in [-0.4, -0.2) is 35.7 Å². The van der Waals surface area contributed by atoms with Crippen molar-refractivity contribution in [3.05, 3.63) is 35.9 Å². The number of alkyl halides is 5. The Hall–Kier alpha value is -1.70. The minimum atomic E-state index is -4.64. The van der Waals surface area contributed by atoms with Crippen molar-refractivity contribution in [3.8, 4) is 0 Å². The molecule has 0 aliphatic carbocycles. The molecule has 8 heteroatoms. The molecule has 0 aromatic heterocycles. The second kappa shape index (κ2) is 5.59. The van der Waals surface area contributed by atoms with E-state index in [4.69, 9.17) is 0 Å². The van der Waals surface area contributed by atoms with Crippen molar-refractivity contribution >= 4 is 5.91 Å². The largest absolute Gasteiger partial charge is 0.411 e. The number of ether oxygens (including phenoxy) is 1. The van der Waals surface area contributed by atoms with E-state index in [2.05, 4.69) is 4.74 Å². The van der Waals surface area contributed by atoms with E-state index in [1.54, 1.807) is 30.3 Å². The van der Waals surface area contributed by atoms with Crippen molar-refractivity contribution in [2.24, 2.45) is 0 Å². The number of hydrogen-bond acceptors (Lipinski definition) is 2. The molecule has 3 nitrogen and oxygen atoms in total. The molecule has 0 saturated carbocycles. The minimum Gasteiger partial charge on any atom is -0.349 e. The van der Waals surface area contributed by atoms with Gasteiger partial charge in [0.05, 0.1) is 6.42 Å². The maximum atomic E-state index is 13.4. The minimum absolute atomic E-state index is 0.224. The van der Waals surface area contributed by atoms with E-state index < -0.39 is 37.3 Å². The predicted molar refractivity (Wildman–Crippen MR) is 62.4 cm³/mol. The van der Waals surface area contributed by atoms with Gasteiger partial charge < -0.3 is 9.64 Å². The summed E-state index contributed by atoms with van der Waals surface area (Å²) in [5.41, 5.74) is 0.532. The molecule has 1 aromatic rings. The summed E-state index contributed by atoms with van der Waals surface area (Å²) in [6, 6.07) is 8.15. The maximum absolute atomic E-state index is 13.4. The van der Waals surface area contributed by atoms with Gasteiger partial charge in [0.25, 0.3) is 5.91 Å². The third-order valence-corrected chi connectivity index (χ3v) is 2.99. The molecule has 0 bridgehead atoms. The van der Waals surface area contributed by atoms with Crippen LogP contribution in [0, 0.1) is 0 Å². The zero-order valence-electron chi connectivity index (χ0n) is 10.7. The molecule has 1 atom stereocenters. The van der Waals surface area contributed by atoms with Crippen LogP contribution >= 0.6 is 0 Å². The highest BCUT2D eigenvalue weighted by atomic mass is 19.4. The summed E-state index contributed by atoms with van der Waals surface area (Å²) in [5, 5.41) is 0. The SMILES string of the molecule is O=C1N(Cc2ccccc2)C(OCC(F)(F)F)CC1(F)F. The molecule has 0 spiro atoms. The molecule has 1 aliphatic heterocycles. The molecule has 1 fully saturated rings. The summed E-state index contributed by atoms with van der Waals surface area (Å²) in [4.78, 5) is 12.2. The third-order valence-electron chi connectivity index (χ3n) is 2.99. The molecule has 1 aromatic carbocycles. The van der Waals surface area contributed by atoms with Gasteiger partial charge in [-0.2, -0.15) is 22.0 Å². The lowest BCUT2D eigenvalue weighted by molar-refractivity contribution is -0.200. The van der Waals surface area contributed by atoms with Gasteiger partial charge in [0.2, 0.25) is 0 Å². The van der Waals surface area contributed by atoms with Crippen molar-refractivity contribution in [1.82, 2.24) is 4.90 Å². The van der Waals surface area contributed by atoms with Crippen molar-refractivity contribution in [1.29, 1.82) is 0 Å². The molecule has 1 unspecified atom stereocenters. The van der Waals surface area contributed by atoms with Gasteiger partial charge in [-0.05, 0) is 5.56 Å². The number of hydrogen-bond donors (Lipinski definition) is 0. The highest BCUT2D eigenvalue weighted by Gasteiger charge is 2.54. The Morgan fingerprint density at radius 1 is 1.24 bits per heavy atom. The van der Waals surface area contributed by atoms with Gasteiger partial charge in [-0.25, -0.2) is 0 Å². The Morgan fingerprint density at radius 3 is 2.43 bits per heavy atom. The lowest BCUT2D eigenvalue weighted by atomic mass is 10.2. The van der Waals surface area contributed by atoms with Crippen molar-refractivity contribution < 1.29 is 31.5 Å². The Bertz CT molecular complexity index is 503. The van der Waals surface area contributed by atoms with Crippen LogP contribution in [0.15, 0.2) is 30.3 Å². The van der Waals surface area contributed by atoms with E-state index in [9.17, 15) is 26.7 Å². The van der Waals surface area contributed by atoms with Crippen LogP contribution in [0.1, 0.15) is 12.0 Å². The Morgan fingerprint density at radius 2 is 1.86 bits per heavy atom. The van der Waals surface area contributed by atoms with Crippen LogP contribution in [0.5, 0.6) is 0 Å².